The fourth-order valence-corrected chi connectivity index (χ4v) is 5.68. The zero-order valence-electron chi connectivity index (χ0n) is 21.7. The fourth-order valence-electron chi connectivity index (χ4n) is 5.68. The monoisotopic (exact) mass is 534 g/mol. The van der Waals surface area contributed by atoms with Crippen LogP contribution in [0.1, 0.15) is 48.3 Å². The molecule has 0 saturated carbocycles. The van der Waals surface area contributed by atoms with Gasteiger partial charge in [-0.2, -0.15) is 0 Å². The molecule has 3 unspecified atom stereocenters. The minimum Gasteiger partial charge on any atom is -0.350 e. The van der Waals surface area contributed by atoms with Gasteiger partial charge in [0.1, 0.15) is 23.4 Å². The van der Waals surface area contributed by atoms with Crippen LogP contribution in [0.4, 0.5) is 8.78 Å². The summed E-state index contributed by atoms with van der Waals surface area (Å²) >= 11 is 0. The lowest BCUT2D eigenvalue weighted by molar-refractivity contribution is -0.138. The maximum absolute atomic E-state index is 14.2. The number of nitrogens with zero attached hydrogens (tertiary/aromatic N) is 3. The maximum Gasteiger partial charge on any atom is 0.290 e. The standard InChI is InChI=1S/C28H28F2N6O3/c1-28(2,3)23(34-25(37)22-11-17-18(30)8-14(29)9-21(17)31-22)26(38)35-12-16-10-15(35)13-36(16)27(39)24-32-19-6-4-5-7-20(19)33-24/h4-9,11,15-16,23,31H,10,12-13H2,1-3H3,(H,32,33)(H,34,37). The summed E-state index contributed by atoms with van der Waals surface area (Å²) in [6.07, 6.45) is 0.648. The van der Waals surface area contributed by atoms with Crippen molar-refractivity contribution in [3.63, 3.8) is 0 Å². The second-order valence-electron chi connectivity index (χ2n) is 11.4. The van der Waals surface area contributed by atoms with Gasteiger partial charge in [-0.1, -0.05) is 32.9 Å². The number of nitrogens with one attached hydrogen (secondary N) is 3. The molecular formula is C28H28F2N6O3. The van der Waals surface area contributed by atoms with E-state index in [1.165, 1.54) is 6.07 Å². The first kappa shape index (κ1) is 25.0. The topological polar surface area (TPSA) is 114 Å². The van der Waals surface area contributed by atoms with Crippen LogP contribution in [-0.4, -0.2) is 73.7 Å². The molecule has 9 nitrogen and oxygen atoms in total. The van der Waals surface area contributed by atoms with Crippen LogP contribution in [0.2, 0.25) is 0 Å². The van der Waals surface area contributed by atoms with E-state index in [0.717, 1.165) is 17.6 Å². The summed E-state index contributed by atoms with van der Waals surface area (Å²) in [4.78, 5) is 53.8. The van der Waals surface area contributed by atoms with Crippen molar-refractivity contribution in [1.29, 1.82) is 0 Å². The van der Waals surface area contributed by atoms with Crippen molar-refractivity contribution in [3.05, 3.63) is 65.6 Å². The molecule has 2 aromatic carbocycles. The third kappa shape index (κ3) is 4.31. The molecule has 202 valence electrons. The van der Waals surface area contributed by atoms with Crippen LogP contribution in [0, 0.1) is 17.0 Å². The summed E-state index contributed by atoms with van der Waals surface area (Å²) in [5.41, 5.74) is 1.05. The fraction of sp³-hybridized carbons (Fsp3) is 0.357. The van der Waals surface area contributed by atoms with Crippen LogP contribution >= 0.6 is 0 Å². The van der Waals surface area contributed by atoms with Crippen LogP contribution in [0.25, 0.3) is 21.9 Å². The van der Waals surface area contributed by atoms with Crippen molar-refractivity contribution in [2.45, 2.75) is 45.3 Å². The van der Waals surface area contributed by atoms with E-state index in [0.29, 0.717) is 25.0 Å². The molecule has 4 aromatic rings. The van der Waals surface area contributed by atoms with Crippen LogP contribution in [-0.2, 0) is 4.79 Å². The highest BCUT2D eigenvalue weighted by molar-refractivity contribution is 6.01. The summed E-state index contributed by atoms with van der Waals surface area (Å²) in [6, 6.07) is 9.40. The van der Waals surface area contributed by atoms with Gasteiger partial charge in [-0.15, -0.1) is 0 Å². The summed E-state index contributed by atoms with van der Waals surface area (Å²) in [5, 5.41) is 2.90. The number of rotatable bonds is 4. The van der Waals surface area contributed by atoms with Crippen molar-refractivity contribution in [2.24, 2.45) is 5.41 Å². The summed E-state index contributed by atoms with van der Waals surface area (Å²) in [6.45, 7) is 6.28. The van der Waals surface area contributed by atoms with Crippen LogP contribution in [0.3, 0.4) is 0 Å². The first-order valence-electron chi connectivity index (χ1n) is 12.8. The van der Waals surface area contributed by atoms with Gasteiger partial charge in [-0.25, -0.2) is 13.8 Å². The predicted octanol–water partition coefficient (Wildman–Crippen LogP) is 3.59. The number of likely N-dealkylation sites (tertiary alicyclic amines) is 2. The molecular weight excluding hydrogens is 506 g/mol. The molecule has 0 spiro atoms. The number of carbonyl (C=O) groups is 3. The van der Waals surface area contributed by atoms with Crippen molar-refractivity contribution < 1.29 is 23.2 Å². The number of aromatic nitrogens is 3. The molecule has 2 aliphatic heterocycles. The number of para-hydroxylation sites is 2. The molecule has 39 heavy (non-hydrogen) atoms. The number of piperazine rings is 1. The number of benzene rings is 2. The highest BCUT2D eigenvalue weighted by Gasteiger charge is 2.50. The third-order valence-corrected chi connectivity index (χ3v) is 7.66. The summed E-state index contributed by atoms with van der Waals surface area (Å²) in [7, 11) is 0. The van der Waals surface area contributed by atoms with E-state index in [-0.39, 0.29) is 46.3 Å². The molecule has 3 N–H and O–H groups in total. The second-order valence-corrected chi connectivity index (χ2v) is 11.4. The van der Waals surface area contributed by atoms with E-state index in [2.05, 4.69) is 20.3 Å². The van der Waals surface area contributed by atoms with Crippen LogP contribution < -0.4 is 5.32 Å². The third-order valence-electron chi connectivity index (χ3n) is 7.66. The number of hydrogen-bond acceptors (Lipinski definition) is 4. The van der Waals surface area contributed by atoms with E-state index >= 15 is 0 Å². The summed E-state index contributed by atoms with van der Waals surface area (Å²) in [5.74, 6) is -2.30. The Hall–Kier alpha value is -4.28. The molecule has 11 heteroatoms. The van der Waals surface area contributed by atoms with E-state index in [4.69, 9.17) is 0 Å². The van der Waals surface area contributed by atoms with Crippen molar-refractivity contribution >= 4 is 39.7 Å². The number of amides is 3. The molecule has 2 saturated heterocycles. The lowest BCUT2D eigenvalue weighted by Crippen LogP contribution is -2.59. The maximum atomic E-state index is 14.2. The van der Waals surface area contributed by atoms with Gasteiger partial charge in [0.05, 0.1) is 28.6 Å². The van der Waals surface area contributed by atoms with Crippen molar-refractivity contribution in [1.82, 2.24) is 30.1 Å². The Morgan fingerprint density at radius 1 is 1.00 bits per heavy atom. The normalized spacial score (nSPS) is 19.7. The minimum atomic E-state index is -0.878. The average Bonchev–Trinajstić information content (AvgIpc) is 3.67. The molecule has 2 bridgehead atoms. The summed E-state index contributed by atoms with van der Waals surface area (Å²) < 4.78 is 27.8. The molecule has 2 fully saturated rings. The zero-order valence-corrected chi connectivity index (χ0v) is 21.7. The smallest absolute Gasteiger partial charge is 0.290 e. The second kappa shape index (κ2) is 8.89. The van der Waals surface area contributed by atoms with Gasteiger partial charge in [0, 0.05) is 24.5 Å². The van der Waals surface area contributed by atoms with E-state index < -0.39 is 29.0 Å². The zero-order chi connectivity index (χ0) is 27.6. The number of fused-ring (bicyclic) bond motifs is 4. The lowest BCUT2D eigenvalue weighted by Gasteiger charge is -2.39. The van der Waals surface area contributed by atoms with Gasteiger partial charge in [0.15, 0.2) is 5.82 Å². The molecule has 3 atom stereocenters. The number of hydrogen-bond donors (Lipinski definition) is 3. The van der Waals surface area contributed by atoms with Crippen molar-refractivity contribution in [3.8, 4) is 0 Å². The Morgan fingerprint density at radius 3 is 2.41 bits per heavy atom. The number of aromatic amines is 2. The Labute approximate surface area is 222 Å². The molecule has 2 aliphatic rings. The molecule has 2 aromatic heterocycles. The Bertz CT molecular complexity index is 1600. The van der Waals surface area contributed by atoms with Gasteiger partial charge in [0.2, 0.25) is 5.91 Å². The molecule has 4 heterocycles. The number of carbonyl (C=O) groups excluding carboxylic acids is 3. The highest BCUT2D eigenvalue weighted by atomic mass is 19.1. The molecule has 3 amide bonds. The molecule has 0 radical (unpaired) electrons. The van der Waals surface area contributed by atoms with Gasteiger partial charge in [-0.3, -0.25) is 14.4 Å². The van der Waals surface area contributed by atoms with Crippen LogP contribution in [0.5, 0.6) is 0 Å². The largest absolute Gasteiger partial charge is 0.350 e. The van der Waals surface area contributed by atoms with Gasteiger partial charge < -0.3 is 25.1 Å². The van der Waals surface area contributed by atoms with Gasteiger partial charge in [0.25, 0.3) is 11.8 Å². The van der Waals surface area contributed by atoms with E-state index in [9.17, 15) is 23.2 Å². The minimum absolute atomic E-state index is 0.0297. The van der Waals surface area contributed by atoms with Crippen LogP contribution in [0.15, 0.2) is 42.5 Å². The lowest BCUT2D eigenvalue weighted by atomic mass is 9.85. The number of halogens is 2. The average molecular weight is 535 g/mol. The SMILES string of the molecule is CC(C)(C)C(NC(=O)c1cc2c(F)cc(F)cc2[nH]1)C(=O)N1CC2CC1CN2C(=O)c1nc2ccccc2[nH]1. The quantitative estimate of drug-likeness (QED) is 0.371. The Kier molecular flexibility index (Phi) is 5.70. The highest BCUT2D eigenvalue weighted by Crippen LogP contribution is 2.34. The molecule has 0 aliphatic carbocycles. The van der Waals surface area contributed by atoms with E-state index in [1.807, 2.05) is 45.0 Å². The first-order valence-corrected chi connectivity index (χ1v) is 12.8. The molecule has 6 rings (SSSR count). The Balaban J connectivity index is 1.17. The van der Waals surface area contributed by atoms with Gasteiger partial charge in [-0.05, 0) is 36.1 Å². The van der Waals surface area contributed by atoms with Gasteiger partial charge >= 0.3 is 0 Å². The van der Waals surface area contributed by atoms with E-state index in [1.54, 1.807) is 9.80 Å². The first-order chi connectivity index (χ1) is 18.5. The number of imidazole rings is 1. The predicted molar refractivity (Wildman–Crippen MR) is 140 cm³/mol. The Morgan fingerprint density at radius 2 is 1.72 bits per heavy atom. The van der Waals surface area contributed by atoms with Crippen molar-refractivity contribution in [2.75, 3.05) is 13.1 Å². The number of H-pyrrole nitrogens is 2.